The highest BCUT2D eigenvalue weighted by atomic mass is 79.9. The number of carbonyl (C=O) groups is 4. The van der Waals surface area contributed by atoms with Crippen LogP contribution in [0.4, 0.5) is 0 Å². The van der Waals surface area contributed by atoms with Crippen LogP contribution < -0.4 is 34.7 Å². The lowest BCUT2D eigenvalue weighted by Crippen LogP contribution is -3.00. The molecule has 0 aromatic rings. The number of nitrogens with two attached hydrogens (primary N) is 1. The summed E-state index contributed by atoms with van der Waals surface area (Å²) < 4.78 is 21.2. The number of quaternary nitrogens is 2. The minimum Gasteiger partial charge on any atom is -1.00 e. The van der Waals surface area contributed by atoms with Gasteiger partial charge in [0.05, 0.1) is 14.1 Å². The van der Waals surface area contributed by atoms with Gasteiger partial charge in [-0.05, 0) is 181 Å². The number of ether oxygens (including phenoxy) is 4. The van der Waals surface area contributed by atoms with Crippen molar-refractivity contribution in [2.75, 3.05) is 66.7 Å². The van der Waals surface area contributed by atoms with Crippen LogP contribution in [0.1, 0.15) is 263 Å². The van der Waals surface area contributed by atoms with E-state index in [-0.39, 0.29) is 102 Å². The van der Waals surface area contributed by atoms with E-state index in [1.54, 1.807) is 13.8 Å². The summed E-state index contributed by atoms with van der Waals surface area (Å²) in [5, 5.41) is 2.05. The molecule has 0 unspecified atom stereocenters. The van der Waals surface area contributed by atoms with Gasteiger partial charge in [0.1, 0.15) is 52.6 Å². The van der Waals surface area contributed by atoms with E-state index in [4.69, 9.17) is 18.9 Å². The number of carbonyl (C=O) groups excluding carboxylic acids is 4. The smallest absolute Gasteiger partial charge is 0.385 e. The first-order valence-corrected chi connectivity index (χ1v) is 31.2. The Morgan fingerprint density at radius 1 is 0.356 bits per heavy atom. The maximum Gasteiger partial charge on any atom is 0.385 e. The summed E-state index contributed by atoms with van der Waals surface area (Å²) in [6.45, 7) is 19.6. The number of esters is 4. The Hall–Kier alpha value is -8.03. The van der Waals surface area contributed by atoms with Crippen molar-refractivity contribution in [2.24, 2.45) is 0 Å². The molecule has 0 saturated carbocycles. The normalized spacial score (nSPS) is 7.98. The number of rotatable bonds is 36. The summed E-state index contributed by atoms with van der Waals surface area (Å²) in [5.41, 5.74) is 0. The second-order valence-electron chi connectivity index (χ2n) is 19.2. The molecule has 0 aromatic carbocycles. The van der Waals surface area contributed by atoms with Crippen molar-refractivity contribution in [2.45, 2.75) is 223 Å². The van der Waals surface area contributed by atoms with Crippen LogP contribution in [0.2, 0.25) is 0 Å². The summed E-state index contributed by atoms with van der Waals surface area (Å²) in [4.78, 5) is 47.1. The highest BCUT2D eigenvalue weighted by Crippen LogP contribution is 2.13. The predicted molar refractivity (Wildman–Crippen MR) is 421 cm³/mol. The van der Waals surface area contributed by atoms with Gasteiger partial charge in [-0.2, -0.15) is 0 Å². The number of hydrogen-bond donors (Lipinski definition) is 1. The number of hydrogen-bond acceptors (Lipinski definition) is 8. The van der Waals surface area contributed by atoms with E-state index in [1.807, 2.05) is 33.3 Å². The van der Waals surface area contributed by atoms with Gasteiger partial charge in [0.25, 0.3) is 0 Å². The van der Waals surface area contributed by atoms with Crippen molar-refractivity contribution in [3.63, 3.8) is 0 Å². The maximum absolute atomic E-state index is 11.8. The van der Waals surface area contributed by atoms with Gasteiger partial charge in [0.15, 0.2) is 0 Å². The van der Waals surface area contributed by atoms with Gasteiger partial charge in [0.2, 0.25) is 0 Å². The summed E-state index contributed by atoms with van der Waals surface area (Å²) in [7, 11) is 3.77. The van der Waals surface area contributed by atoms with Crippen LogP contribution in [0.15, 0.2) is 0 Å². The van der Waals surface area contributed by atoms with E-state index < -0.39 is 11.9 Å². The monoisotopic (exact) mass is 1370 g/mol. The molecule has 0 aliphatic carbocycles. The largest absolute Gasteiger partial charge is 1.00 e. The van der Waals surface area contributed by atoms with Crippen LogP contribution in [0.3, 0.4) is 0 Å². The van der Waals surface area contributed by atoms with E-state index in [2.05, 4.69) is 205 Å². The molecule has 0 heterocycles. The molecule has 0 fully saturated rings. The van der Waals surface area contributed by atoms with Crippen molar-refractivity contribution in [3.05, 3.63) is 0 Å². The first kappa shape index (κ1) is 95.6. The summed E-state index contributed by atoms with van der Waals surface area (Å²) in [5.74, 6) is 72.4. The summed E-state index contributed by atoms with van der Waals surface area (Å²) in [6, 6.07) is 0. The van der Waals surface area contributed by atoms with E-state index in [1.165, 1.54) is 122 Å². The van der Waals surface area contributed by atoms with Crippen molar-refractivity contribution in [1.29, 1.82) is 0 Å². The Morgan fingerprint density at radius 2 is 0.578 bits per heavy atom. The van der Waals surface area contributed by atoms with Crippen molar-refractivity contribution < 1.29 is 117 Å². The molecule has 542 valence electrons. The van der Waals surface area contributed by atoms with Crippen LogP contribution >= 0.6 is 0 Å². The SMILES string of the molecule is C.CC.CC#CC#CC#CC#CC#CC#CC#CC#CC(=O)OCC[N+](C)(C)CCOC(=O)C#CC#CC#CC#CC#CC#CC#CC.CCC.CCCCCCCCCCCCCC(=O)OCC[NH2+]CCOC(=O)CCCCCCCCCCCCC.[Br-].[Cl-].[HH].[HH].[HH].[HH].[HH].[HH].[HH].[HH].[HH].[HH].[HH].[HH].[HH].[HH].[HH].[HH].[HH].[HH].[HH].[HH].[HH].[HH].[HH].[HH].[HH].[HH].[HH].[HH]. The molecule has 0 rings (SSSR count). The summed E-state index contributed by atoms with van der Waals surface area (Å²) in [6.07, 6.45) is 30.6. The lowest BCUT2D eigenvalue weighted by molar-refractivity contribution is -0.890. The molecule has 0 amide bonds. The van der Waals surface area contributed by atoms with Crippen LogP contribution in [-0.2, 0) is 38.1 Å². The van der Waals surface area contributed by atoms with Gasteiger partial charge < -0.3 is 58.1 Å². The van der Waals surface area contributed by atoms with E-state index in [0.717, 1.165) is 38.8 Å². The van der Waals surface area contributed by atoms with Gasteiger partial charge >= 0.3 is 23.9 Å². The molecule has 0 atom stereocenters. The Balaban J connectivity index is -0.0000000270. The second-order valence-corrected chi connectivity index (χ2v) is 19.2. The van der Waals surface area contributed by atoms with E-state index >= 15 is 0 Å². The van der Waals surface area contributed by atoms with Crippen molar-refractivity contribution in [1.82, 2.24) is 0 Å². The Kier molecular flexibility index (Phi) is 90.5. The molecule has 2 N–H and O–H groups in total. The van der Waals surface area contributed by atoms with E-state index in [9.17, 15) is 19.2 Å². The quantitative estimate of drug-likeness (QED) is 0.0164. The van der Waals surface area contributed by atoms with Gasteiger partial charge in [-0.1, -0.05) is 196 Å². The minimum atomic E-state index is -0.725. The molecule has 0 bridgehead atoms. The topological polar surface area (TPSA) is 122 Å². The Morgan fingerprint density at radius 3 is 0.822 bits per heavy atom. The third kappa shape index (κ3) is 91.1. The van der Waals surface area contributed by atoms with Gasteiger partial charge in [-0.25, -0.2) is 9.59 Å². The van der Waals surface area contributed by atoms with Gasteiger partial charge in [-0.3, -0.25) is 9.59 Å². The van der Waals surface area contributed by atoms with E-state index in [0.29, 0.717) is 43.6 Å². The number of halogens is 2. The molecular formula is C78H158BrClN2O8. The molecule has 12 heteroatoms. The molecule has 10 nitrogen and oxygen atoms in total. The van der Waals surface area contributed by atoms with Crippen LogP contribution in [0, 0.1) is 178 Å². The zero-order valence-corrected chi connectivity index (χ0v) is 57.7. The Labute approximate surface area is 607 Å². The molecule has 0 spiro atoms. The fourth-order valence-corrected chi connectivity index (χ4v) is 6.60. The second kappa shape index (κ2) is 85.2. The highest BCUT2D eigenvalue weighted by molar-refractivity contribution is 5.89. The molecule has 90 heavy (non-hydrogen) atoms. The number of nitrogens with zero attached hydrogens (tertiary/aromatic N) is 1. The molecule has 0 aliphatic rings. The maximum atomic E-state index is 11.8. The first-order valence-electron chi connectivity index (χ1n) is 31.2. The van der Waals surface area contributed by atoms with Crippen LogP contribution in [-0.4, -0.2) is 95.1 Å². The lowest BCUT2D eigenvalue weighted by Gasteiger charge is -2.28. The summed E-state index contributed by atoms with van der Waals surface area (Å²) >= 11 is 0. The zero-order chi connectivity index (χ0) is 64.9. The van der Waals surface area contributed by atoms with Crippen molar-refractivity contribution in [3.8, 4) is 178 Å². The fraction of sp³-hybridized carbons (Fsp3) is 0.564. The van der Waals surface area contributed by atoms with Crippen molar-refractivity contribution >= 4 is 23.9 Å². The molecular weight excluding hydrogens is 1210 g/mol. The fourth-order valence-electron chi connectivity index (χ4n) is 6.60. The minimum absolute atomic E-state index is 0. The zero-order valence-electron chi connectivity index (χ0n) is 55.4. The third-order valence-corrected chi connectivity index (χ3v) is 11.1. The third-order valence-electron chi connectivity index (χ3n) is 11.1. The average molecular weight is 1370 g/mol. The molecule has 0 saturated heterocycles. The molecule has 0 aromatic heterocycles. The van der Waals surface area contributed by atoms with Gasteiger partial charge in [0, 0.05) is 64.6 Å². The predicted octanol–water partition coefficient (Wildman–Crippen LogP) is 12.3. The van der Waals surface area contributed by atoms with Gasteiger partial charge in [-0.15, -0.1) is 0 Å². The molecule has 0 radical (unpaired) electrons. The van der Waals surface area contributed by atoms with Crippen LogP contribution in [0.25, 0.3) is 0 Å². The standard InChI is InChI=1S/C40H20NO4.C32H63NO4.C3H8.C2H6.CH4.BrH.ClH.28H2/c1-5-7-9-11-13-15-17-19-20-22-24-26-28-30-32-34-40(43)45-38-36-41(3,4)35-37-44-39(42)33-31-29-27-25-23-21-18-16-14-12-10-8-6-2;1-3-5-7-9-11-13-15-17-19-21-23-25-31(34)36-29-27-33-28-30-37-32(35)26-24-22-20-18-16-14-12-10-8-6-4-2;1-3-2;1-2;;;;;;;;;;;;;;;;;;;;;;;;;;;;;;;/h35-38H2,1-4H3;33H,3-30H2,1-2H3;3H2,1-2H3;1-2H3;1H4;30*1H/q+1;;;;;;;;;;;;;;;;;;;;;;;;;;;;;;;;;;/p-1. The molecule has 0 aliphatic heterocycles. The number of likely N-dealkylation sites (N-methyl/N-ethyl adjacent to an activating group) is 1. The lowest BCUT2D eigenvalue weighted by atomic mass is 10.1. The first-order chi connectivity index (χ1) is 42.5. The Bertz CT molecular complexity index is 3000. The number of unbranched alkanes of at least 4 members (excludes halogenated alkanes) is 20. The van der Waals surface area contributed by atoms with Crippen LogP contribution in [0.5, 0.6) is 0 Å². The highest BCUT2D eigenvalue weighted by Gasteiger charge is 2.16. The average Bonchev–Trinajstić information content (AvgIpc) is 0.930.